The van der Waals surface area contributed by atoms with Gasteiger partial charge in [-0.1, -0.05) is 33.1 Å². The van der Waals surface area contributed by atoms with Gasteiger partial charge >= 0.3 is 5.97 Å². The fourth-order valence-electron chi connectivity index (χ4n) is 5.49. The molecule has 28 heavy (non-hydrogen) atoms. The summed E-state index contributed by atoms with van der Waals surface area (Å²) in [6.45, 7) is 7.49. The van der Waals surface area contributed by atoms with Crippen LogP contribution in [0.1, 0.15) is 97.8 Å². The molecule has 162 valence electrons. The molecular weight excluding hydrogens is 352 g/mol. The van der Waals surface area contributed by atoms with E-state index in [9.17, 15) is 4.79 Å². The monoisotopic (exact) mass is 394 g/mol. The molecule has 0 aromatic heterocycles. The summed E-state index contributed by atoms with van der Waals surface area (Å²) in [5.74, 6) is 1.95. The second-order valence-electron chi connectivity index (χ2n) is 9.57. The molecule has 4 nitrogen and oxygen atoms in total. The molecule has 0 radical (unpaired) electrons. The van der Waals surface area contributed by atoms with Gasteiger partial charge in [-0.2, -0.15) is 0 Å². The second kappa shape index (κ2) is 11.0. The van der Waals surface area contributed by atoms with E-state index in [0.29, 0.717) is 11.8 Å². The average molecular weight is 395 g/mol. The first-order valence-electron chi connectivity index (χ1n) is 12.1. The van der Waals surface area contributed by atoms with E-state index in [4.69, 9.17) is 14.2 Å². The van der Waals surface area contributed by atoms with E-state index in [1.54, 1.807) is 0 Å². The lowest BCUT2D eigenvalue weighted by Crippen LogP contribution is -2.43. The minimum absolute atomic E-state index is 0.0549. The number of carbonyl (C=O) groups is 1. The standard InChI is InChI=1S/C24H42O4/c1-4-6-18-8-14-22(15-9-18)28-23(25)19-10-12-20(13-11-19)24-26-16-21(7-5-2)17(3)27-24/h17-22,24H,4-16H2,1-3H3/t17-,18?,19-,20-,21?,22?,24-/m0/s1. The fraction of sp³-hybridized carbons (Fsp3) is 0.958. The van der Waals surface area contributed by atoms with Crippen molar-refractivity contribution in [1.29, 1.82) is 0 Å². The van der Waals surface area contributed by atoms with Crippen LogP contribution in [0.5, 0.6) is 0 Å². The predicted molar refractivity (Wildman–Crippen MR) is 111 cm³/mol. The number of rotatable bonds is 7. The summed E-state index contributed by atoms with van der Waals surface area (Å²) in [7, 11) is 0. The van der Waals surface area contributed by atoms with Gasteiger partial charge < -0.3 is 14.2 Å². The van der Waals surface area contributed by atoms with Crippen LogP contribution in [-0.4, -0.2) is 31.1 Å². The first-order chi connectivity index (χ1) is 13.6. The molecule has 0 amide bonds. The smallest absolute Gasteiger partial charge is 0.309 e. The lowest BCUT2D eigenvalue weighted by Gasteiger charge is -2.40. The largest absolute Gasteiger partial charge is 0.462 e. The summed E-state index contributed by atoms with van der Waals surface area (Å²) in [5.41, 5.74) is 0. The number of carbonyl (C=O) groups excluding carboxylic acids is 1. The van der Waals surface area contributed by atoms with Crippen molar-refractivity contribution in [2.75, 3.05) is 6.61 Å². The molecule has 3 fully saturated rings. The number of hydrogen-bond donors (Lipinski definition) is 0. The van der Waals surface area contributed by atoms with Crippen LogP contribution in [0.15, 0.2) is 0 Å². The summed E-state index contributed by atoms with van der Waals surface area (Å²) in [4.78, 5) is 12.6. The quantitative estimate of drug-likeness (QED) is 0.506. The number of hydrogen-bond acceptors (Lipinski definition) is 4. The highest BCUT2D eigenvalue weighted by Gasteiger charge is 2.37. The molecular formula is C24H42O4. The van der Waals surface area contributed by atoms with Crippen LogP contribution >= 0.6 is 0 Å². The first kappa shape index (κ1) is 22.1. The summed E-state index contributed by atoms with van der Waals surface area (Å²) in [6, 6.07) is 0. The summed E-state index contributed by atoms with van der Waals surface area (Å²) in [5, 5.41) is 0. The van der Waals surface area contributed by atoms with E-state index in [1.807, 2.05) is 0 Å². The second-order valence-corrected chi connectivity index (χ2v) is 9.57. The minimum atomic E-state index is -0.0751. The summed E-state index contributed by atoms with van der Waals surface area (Å²) in [6.07, 6.45) is 13.8. The van der Waals surface area contributed by atoms with Crippen LogP contribution in [0.25, 0.3) is 0 Å². The Labute approximate surface area is 172 Å². The van der Waals surface area contributed by atoms with Crippen LogP contribution in [-0.2, 0) is 19.0 Å². The maximum Gasteiger partial charge on any atom is 0.309 e. The zero-order valence-electron chi connectivity index (χ0n) is 18.4. The molecule has 4 heteroatoms. The molecule has 2 saturated carbocycles. The maximum atomic E-state index is 12.6. The number of esters is 1. The highest BCUT2D eigenvalue weighted by molar-refractivity contribution is 5.72. The molecule has 0 spiro atoms. The van der Waals surface area contributed by atoms with Crippen LogP contribution in [0.3, 0.4) is 0 Å². The molecule has 0 aromatic rings. The molecule has 1 saturated heterocycles. The topological polar surface area (TPSA) is 44.8 Å². The highest BCUT2D eigenvalue weighted by atomic mass is 16.7. The van der Waals surface area contributed by atoms with E-state index < -0.39 is 0 Å². The third kappa shape index (κ3) is 5.95. The van der Waals surface area contributed by atoms with Crippen molar-refractivity contribution in [3.63, 3.8) is 0 Å². The lowest BCUT2D eigenvalue weighted by molar-refractivity contribution is -0.257. The van der Waals surface area contributed by atoms with Gasteiger partial charge in [0, 0.05) is 11.8 Å². The fourth-order valence-corrected chi connectivity index (χ4v) is 5.49. The minimum Gasteiger partial charge on any atom is -0.462 e. The molecule has 0 aromatic carbocycles. The van der Waals surface area contributed by atoms with E-state index in [-0.39, 0.29) is 30.4 Å². The van der Waals surface area contributed by atoms with Gasteiger partial charge in [-0.25, -0.2) is 0 Å². The molecule has 1 heterocycles. The Kier molecular flexibility index (Phi) is 8.65. The lowest BCUT2D eigenvalue weighted by atomic mass is 9.81. The first-order valence-corrected chi connectivity index (χ1v) is 12.1. The third-order valence-corrected chi connectivity index (χ3v) is 7.41. The highest BCUT2D eigenvalue weighted by Crippen LogP contribution is 2.37. The van der Waals surface area contributed by atoms with Crippen molar-refractivity contribution in [3.8, 4) is 0 Å². The zero-order chi connectivity index (χ0) is 19.9. The molecule has 3 atom stereocenters. The van der Waals surface area contributed by atoms with Gasteiger partial charge in [0.15, 0.2) is 6.29 Å². The van der Waals surface area contributed by atoms with Crippen molar-refractivity contribution >= 4 is 5.97 Å². The van der Waals surface area contributed by atoms with Crippen molar-refractivity contribution in [3.05, 3.63) is 0 Å². The van der Waals surface area contributed by atoms with E-state index >= 15 is 0 Å². The van der Waals surface area contributed by atoms with Crippen LogP contribution < -0.4 is 0 Å². The van der Waals surface area contributed by atoms with Gasteiger partial charge in [-0.05, 0) is 70.6 Å². The van der Waals surface area contributed by atoms with E-state index in [2.05, 4.69) is 20.8 Å². The Balaban J connectivity index is 1.36. The summed E-state index contributed by atoms with van der Waals surface area (Å²) >= 11 is 0. The molecule has 1 unspecified atom stereocenters. The van der Waals surface area contributed by atoms with Gasteiger partial charge in [-0.15, -0.1) is 0 Å². The molecule has 3 aliphatic rings. The Morgan fingerprint density at radius 3 is 2.21 bits per heavy atom. The van der Waals surface area contributed by atoms with Gasteiger partial charge in [0.05, 0.1) is 18.6 Å². The summed E-state index contributed by atoms with van der Waals surface area (Å²) < 4.78 is 18.2. The maximum absolute atomic E-state index is 12.6. The van der Waals surface area contributed by atoms with Gasteiger partial charge in [0.1, 0.15) is 6.10 Å². The Bertz CT molecular complexity index is 463. The Hall–Kier alpha value is -0.610. The van der Waals surface area contributed by atoms with Crippen LogP contribution in [0, 0.1) is 23.7 Å². The van der Waals surface area contributed by atoms with Gasteiger partial charge in [0.2, 0.25) is 0 Å². The molecule has 0 bridgehead atoms. The van der Waals surface area contributed by atoms with E-state index in [1.165, 1.54) is 38.5 Å². The van der Waals surface area contributed by atoms with Gasteiger partial charge in [0.25, 0.3) is 0 Å². The molecule has 0 N–H and O–H groups in total. The normalized spacial score (nSPS) is 39.5. The van der Waals surface area contributed by atoms with Crippen molar-refractivity contribution in [2.45, 2.75) is 116 Å². The van der Waals surface area contributed by atoms with Crippen molar-refractivity contribution in [1.82, 2.24) is 0 Å². The average Bonchev–Trinajstić information content (AvgIpc) is 2.71. The van der Waals surface area contributed by atoms with E-state index in [0.717, 1.165) is 51.0 Å². The van der Waals surface area contributed by atoms with Crippen molar-refractivity contribution in [2.24, 2.45) is 23.7 Å². The Morgan fingerprint density at radius 1 is 0.929 bits per heavy atom. The third-order valence-electron chi connectivity index (χ3n) is 7.41. The molecule has 3 rings (SSSR count). The van der Waals surface area contributed by atoms with Crippen LogP contribution in [0.2, 0.25) is 0 Å². The molecule has 1 aliphatic heterocycles. The molecule has 2 aliphatic carbocycles. The van der Waals surface area contributed by atoms with Crippen molar-refractivity contribution < 1.29 is 19.0 Å². The Morgan fingerprint density at radius 2 is 1.61 bits per heavy atom. The number of ether oxygens (including phenoxy) is 3. The predicted octanol–water partition coefficient (Wildman–Crippen LogP) is 5.87. The zero-order valence-corrected chi connectivity index (χ0v) is 18.4. The SMILES string of the molecule is CCCC1CCC(OC(=O)[C@H]2CC[C@H]([C@H]3OCC(CCC)[C@H](C)O3)CC2)CC1. The van der Waals surface area contributed by atoms with Gasteiger partial charge in [-0.3, -0.25) is 4.79 Å². The van der Waals surface area contributed by atoms with Crippen LogP contribution in [0.4, 0.5) is 0 Å².